The molecule has 3 rings (SSSR count). The number of nitrogens with zero attached hydrogens (tertiary/aromatic N) is 1. The monoisotopic (exact) mass is 431 g/mol. The maximum absolute atomic E-state index is 13.7. The number of methoxy groups -OCH3 is 2. The lowest BCUT2D eigenvalue weighted by atomic mass is 10.1. The lowest BCUT2D eigenvalue weighted by Crippen LogP contribution is -2.34. The van der Waals surface area contributed by atoms with Gasteiger partial charge in [0, 0.05) is 6.07 Å². The van der Waals surface area contributed by atoms with E-state index in [9.17, 15) is 8.42 Å². The third-order valence-corrected chi connectivity index (χ3v) is 7.01. The fourth-order valence-electron chi connectivity index (χ4n) is 3.11. The van der Waals surface area contributed by atoms with Crippen molar-refractivity contribution in [2.45, 2.75) is 17.9 Å². The predicted octanol–water partition coefficient (Wildman–Crippen LogP) is 5.31. The Morgan fingerprint density at radius 2 is 1.48 bits per heavy atom. The van der Waals surface area contributed by atoms with E-state index in [0.717, 1.165) is 5.56 Å². The van der Waals surface area contributed by atoms with E-state index in [0.29, 0.717) is 17.2 Å². The first-order valence-electron chi connectivity index (χ1n) is 8.95. The molecule has 0 aromatic heterocycles. The first kappa shape index (κ1) is 21.0. The van der Waals surface area contributed by atoms with Crippen LogP contribution in [0.25, 0.3) is 0 Å². The number of sulfonamides is 1. The third kappa shape index (κ3) is 4.33. The van der Waals surface area contributed by atoms with Crippen molar-refractivity contribution in [3.63, 3.8) is 0 Å². The first-order chi connectivity index (χ1) is 13.9. The Morgan fingerprint density at radius 1 is 0.862 bits per heavy atom. The Bertz CT molecular complexity index is 1100. The van der Waals surface area contributed by atoms with Crippen molar-refractivity contribution in [1.82, 2.24) is 0 Å². The Hall–Kier alpha value is -2.70. The van der Waals surface area contributed by atoms with E-state index in [1.54, 1.807) is 49.6 Å². The lowest BCUT2D eigenvalue weighted by molar-refractivity contribution is 0.413. The quantitative estimate of drug-likeness (QED) is 0.508. The van der Waals surface area contributed by atoms with Crippen LogP contribution in [-0.2, 0) is 10.0 Å². The molecule has 0 aliphatic heterocycles. The van der Waals surface area contributed by atoms with Crippen molar-refractivity contribution in [1.29, 1.82) is 0 Å². The molecule has 0 amide bonds. The fraction of sp³-hybridized carbons (Fsp3) is 0.182. The van der Waals surface area contributed by atoms with Gasteiger partial charge in [-0.3, -0.25) is 4.31 Å². The maximum Gasteiger partial charge on any atom is 0.266 e. The standard InChI is InChI=1S/C22H22ClNO4S/c1-16(17-8-6-10-19(14-17)27-2)24(18-9-7-11-20(15-18)28-3)29(25,26)22-13-5-4-12-21(22)23/h4-16H,1-3H3. The summed E-state index contributed by atoms with van der Waals surface area (Å²) < 4.78 is 39.3. The summed E-state index contributed by atoms with van der Waals surface area (Å²) in [6.07, 6.45) is 0. The molecule has 29 heavy (non-hydrogen) atoms. The van der Waals surface area contributed by atoms with Crippen LogP contribution in [0.15, 0.2) is 77.7 Å². The highest BCUT2D eigenvalue weighted by molar-refractivity contribution is 7.93. The normalized spacial score (nSPS) is 12.3. The molecule has 152 valence electrons. The number of hydrogen-bond donors (Lipinski definition) is 0. The van der Waals surface area contributed by atoms with Crippen LogP contribution in [0.2, 0.25) is 5.02 Å². The van der Waals surface area contributed by atoms with Crippen molar-refractivity contribution >= 4 is 27.3 Å². The summed E-state index contributed by atoms with van der Waals surface area (Å²) in [7, 11) is -0.859. The minimum absolute atomic E-state index is 0.0410. The van der Waals surface area contributed by atoms with Crippen LogP contribution in [0.5, 0.6) is 11.5 Å². The molecule has 0 saturated carbocycles. The van der Waals surface area contributed by atoms with Gasteiger partial charge in [-0.2, -0.15) is 0 Å². The SMILES string of the molecule is COc1cccc(C(C)N(c2cccc(OC)c2)S(=O)(=O)c2ccccc2Cl)c1. The Balaban J connectivity index is 2.20. The molecule has 0 N–H and O–H groups in total. The smallest absolute Gasteiger partial charge is 0.266 e. The van der Waals surface area contributed by atoms with E-state index in [2.05, 4.69) is 0 Å². The number of anilines is 1. The van der Waals surface area contributed by atoms with Gasteiger partial charge < -0.3 is 9.47 Å². The summed E-state index contributed by atoms with van der Waals surface area (Å²) in [5.41, 5.74) is 1.25. The van der Waals surface area contributed by atoms with Gasteiger partial charge in [0.2, 0.25) is 0 Å². The van der Waals surface area contributed by atoms with Crippen LogP contribution in [0, 0.1) is 0 Å². The van der Waals surface area contributed by atoms with Gasteiger partial charge in [-0.1, -0.05) is 41.9 Å². The molecule has 0 aliphatic rings. The summed E-state index contributed by atoms with van der Waals surface area (Å²) >= 11 is 6.25. The molecule has 0 radical (unpaired) electrons. The van der Waals surface area contributed by atoms with Gasteiger partial charge in [0.15, 0.2) is 0 Å². The van der Waals surface area contributed by atoms with Crippen molar-refractivity contribution < 1.29 is 17.9 Å². The van der Waals surface area contributed by atoms with Crippen molar-refractivity contribution in [3.8, 4) is 11.5 Å². The van der Waals surface area contributed by atoms with E-state index in [-0.39, 0.29) is 9.92 Å². The van der Waals surface area contributed by atoms with E-state index >= 15 is 0 Å². The van der Waals surface area contributed by atoms with Crippen LogP contribution in [0.3, 0.4) is 0 Å². The molecular weight excluding hydrogens is 410 g/mol. The highest BCUT2D eigenvalue weighted by Gasteiger charge is 2.32. The topological polar surface area (TPSA) is 55.8 Å². The van der Waals surface area contributed by atoms with Gasteiger partial charge in [0.05, 0.1) is 31.0 Å². The second kappa shape index (κ2) is 8.76. The van der Waals surface area contributed by atoms with E-state index in [4.69, 9.17) is 21.1 Å². The second-order valence-corrected chi connectivity index (χ2v) is 8.58. The van der Waals surface area contributed by atoms with Gasteiger partial charge in [0.1, 0.15) is 16.4 Å². The molecule has 0 aliphatic carbocycles. The van der Waals surface area contributed by atoms with Crippen LogP contribution in [0.1, 0.15) is 18.5 Å². The van der Waals surface area contributed by atoms with Crippen LogP contribution in [-0.4, -0.2) is 22.6 Å². The van der Waals surface area contributed by atoms with Gasteiger partial charge >= 0.3 is 0 Å². The molecule has 1 unspecified atom stereocenters. The van der Waals surface area contributed by atoms with Gasteiger partial charge in [-0.05, 0) is 48.9 Å². The van der Waals surface area contributed by atoms with Crippen LogP contribution < -0.4 is 13.8 Å². The lowest BCUT2D eigenvalue weighted by Gasteiger charge is -2.31. The molecule has 1 atom stereocenters. The second-order valence-electron chi connectivity index (χ2n) is 6.39. The van der Waals surface area contributed by atoms with Gasteiger partial charge in [0.25, 0.3) is 10.0 Å². The number of benzene rings is 3. The molecule has 7 heteroatoms. The maximum atomic E-state index is 13.7. The van der Waals surface area contributed by atoms with Gasteiger partial charge in [-0.15, -0.1) is 0 Å². The summed E-state index contributed by atoms with van der Waals surface area (Å²) in [6.45, 7) is 1.82. The van der Waals surface area contributed by atoms with E-state index in [1.165, 1.54) is 17.5 Å². The molecule has 0 bridgehead atoms. The average Bonchev–Trinajstić information content (AvgIpc) is 2.74. The summed E-state index contributed by atoms with van der Waals surface area (Å²) in [4.78, 5) is 0.0410. The minimum Gasteiger partial charge on any atom is -0.497 e. The molecule has 0 saturated heterocycles. The molecule has 0 fully saturated rings. The Kier molecular flexibility index (Phi) is 6.35. The molecular formula is C22H22ClNO4S. The molecule has 0 spiro atoms. The largest absolute Gasteiger partial charge is 0.497 e. The first-order valence-corrected chi connectivity index (χ1v) is 10.8. The highest BCUT2D eigenvalue weighted by Crippen LogP contribution is 2.37. The average molecular weight is 432 g/mol. The zero-order valence-electron chi connectivity index (χ0n) is 16.4. The minimum atomic E-state index is -3.97. The zero-order chi connectivity index (χ0) is 21.0. The van der Waals surface area contributed by atoms with Crippen molar-refractivity contribution in [2.24, 2.45) is 0 Å². The number of ether oxygens (including phenoxy) is 2. The highest BCUT2D eigenvalue weighted by atomic mass is 35.5. The van der Waals surface area contributed by atoms with Gasteiger partial charge in [-0.25, -0.2) is 8.42 Å². The molecule has 0 heterocycles. The predicted molar refractivity (Wildman–Crippen MR) is 116 cm³/mol. The zero-order valence-corrected chi connectivity index (χ0v) is 17.9. The summed E-state index contributed by atoms with van der Waals surface area (Å²) in [6, 6.07) is 20.1. The fourth-order valence-corrected chi connectivity index (χ4v) is 5.25. The third-order valence-electron chi connectivity index (χ3n) is 4.61. The Labute approximate surface area is 176 Å². The molecule has 5 nitrogen and oxygen atoms in total. The van der Waals surface area contributed by atoms with Crippen LogP contribution in [0.4, 0.5) is 5.69 Å². The molecule has 3 aromatic carbocycles. The number of rotatable bonds is 7. The van der Waals surface area contributed by atoms with Crippen LogP contribution >= 0.6 is 11.6 Å². The van der Waals surface area contributed by atoms with E-state index in [1.807, 2.05) is 31.2 Å². The van der Waals surface area contributed by atoms with E-state index < -0.39 is 16.1 Å². The Morgan fingerprint density at radius 3 is 2.14 bits per heavy atom. The summed E-state index contributed by atoms with van der Waals surface area (Å²) in [5.74, 6) is 1.20. The number of halogens is 1. The number of hydrogen-bond acceptors (Lipinski definition) is 4. The van der Waals surface area contributed by atoms with Crippen molar-refractivity contribution in [2.75, 3.05) is 18.5 Å². The summed E-state index contributed by atoms with van der Waals surface area (Å²) in [5, 5.41) is 0.165. The molecule has 3 aromatic rings. The van der Waals surface area contributed by atoms with Crippen molar-refractivity contribution in [3.05, 3.63) is 83.4 Å².